The van der Waals surface area contributed by atoms with Gasteiger partial charge in [0.2, 0.25) is 0 Å². The summed E-state index contributed by atoms with van der Waals surface area (Å²) in [5, 5.41) is 0. The molecule has 1 aromatic heterocycles. The van der Waals surface area contributed by atoms with Crippen molar-refractivity contribution >= 4 is 15.9 Å². The fourth-order valence-electron chi connectivity index (χ4n) is 0.739. The Hall–Kier alpha value is -0.580. The number of hydrogen-bond donors (Lipinski definition) is 0. The lowest BCUT2D eigenvalue weighted by Crippen LogP contribution is -2.09. The third kappa shape index (κ3) is 1.97. The lowest BCUT2D eigenvalue weighted by Gasteiger charge is -2.07. The smallest absolute Gasteiger partial charge is 0.248 e. The Balaban J connectivity index is 3.23. The van der Waals surface area contributed by atoms with Gasteiger partial charge in [-0.25, -0.2) is 4.98 Å². The summed E-state index contributed by atoms with van der Waals surface area (Å²) in [6, 6.07) is 2.85. The number of pyridine rings is 1. The average molecular weight is 240 g/mol. The number of aryl methyl sites for hydroxylation is 1. The van der Waals surface area contributed by atoms with Crippen LogP contribution in [0.1, 0.15) is 11.4 Å². The fraction of sp³-hybridized carbons (Fsp3) is 0.286. The molecule has 0 aromatic carbocycles. The van der Waals surface area contributed by atoms with Crippen molar-refractivity contribution in [1.29, 1.82) is 0 Å². The quantitative estimate of drug-likeness (QED) is 0.678. The molecule has 0 atom stereocenters. The van der Waals surface area contributed by atoms with Crippen molar-refractivity contribution in [2.45, 2.75) is 13.1 Å². The molecule has 1 rings (SSSR count). The van der Waals surface area contributed by atoms with Crippen LogP contribution in [0.15, 0.2) is 16.6 Å². The third-order valence-electron chi connectivity index (χ3n) is 1.25. The molecule has 1 heterocycles. The molecule has 0 unspecified atom stereocenters. The first-order chi connectivity index (χ1) is 5.41. The van der Waals surface area contributed by atoms with E-state index in [-0.39, 0.29) is 4.47 Å². The van der Waals surface area contributed by atoms with Crippen LogP contribution in [-0.2, 0) is 6.18 Å². The third-order valence-corrected chi connectivity index (χ3v) is 1.89. The average Bonchev–Trinajstić information content (AvgIpc) is 1.92. The van der Waals surface area contributed by atoms with Gasteiger partial charge in [-0.15, -0.1) is 0 Å². The topological polar surface area (TPSA) is 12.9 Å². The van der Waals surface area contributed by atoms with Crippen molar-refractivity contribution in [3.63, 3.8) is 0 Å². The van der Waals surface area contributed by atoms with E-state index in [4.69, 9.17) is 0 Å². The van der Waals surface area contributed by atoms with Gasteiger partial charge in [-0.3, -0.25) is 0 Å². The van der Waals surface area contributed by atoms with Crippen molar-refractivity contribution in [2.75, 3.05) is 0 Å². The van der Waals surface area contributed by atoms with E-state index in [1.165, 1.54) is 19.1 Å². The van der Waals surface area contributed by atoms with Crippen LogP contribution < -0.4 is 0 Å². The predicted molar refractivity (Wildman–Crippen MR) is 41.7 cm³/mol. The van der Waals surface area contributed by atoms with Crippen LogP contribution in [0.4, 0.5) is 13.2 Å². The highest BCUT2D eigenvalue weighted by molar-refractivity contribution is 9.10. The molecule has 0 spiro atoms. The molecule has 5 heteroatoms. The first-order valence-corrected chi connectivity index (χ1v) is 3.91. The molecule has 0 aliphatic heterocycles. The molecule has 0 N–H and O–H groups in total. The molecule has 0 radical (unpaired) electrons. The zero-order valence-corrected chi connectivity index (χ0v) is 7.70. The minimum absolute atomic E-state index is 0.0272. The molecule has 0 saturated carbocycles. The zero-order valence-electron chi connectivity index (χ0n) is 6.11. The standard InChI is InChI=1S/C7H5BrF3N/c1-4-2-3-5(8)6(12-4)7(9,10)11/h2-3H,1H3. The van der Waals surface area contributed by atoms with Crippen LogP contribution >= 0.6 is 15.9 Å². The Bertz CT molecular complexity index is 295. The van der Waals surface area contributed by atoms with Gasteiger partial charge in [0.25, 0.3) is 0 Å². The number of aromatic nitrogens is 1. The van der Waals surface area contributed by atoms with E-state index in [1.54, 1.807) is 0 Å². The number of hydrogen-bond acceptors (Lipinski definition) is 1. The maximum atomic E-state index is 12.1. The van der Waals surface area contributed by atoms with Crippen LogP contribution in [0.5, 0.6) is 0 Å². The monoisotopic (exact) mass is 239 g/mol. The SMILES string of the molecule is Cc1ccc(Br)c(C(F)(F)F)n1. The summed E-state index contributed by atoms with van der Waals surface area (Å²) in [4.78, 5) is 3.37. The Morgan fingerprint density at radius 2 is 1.92 bits per heavy atom. The Labute approximate surface area is 75.7 Å². The summed E-state index contributed by atoms with van der Waals surface area (Å²) in [7, 11) is 0. The second-order valence-electron chi connectivity index (χ2n) is 2.28. The van der Waals surface area contributed by atoms with Gasteiger partial charge in [0.1, 0.15) is 0 Å². The Kier molecular flexibility index (Phi) is 2.41. The molecular weight excluding hydrogens is 235 g/mol. The number of alkyl halides is 3. The molecule has 0 amide bonds. The van der Waals surface area contributed by atoms with Crippen LogP contribution in [0.25, 0.3) is 0 Å². The summed E-state index contributed by atoms with van der Waals surface area (Å²) < 4.78 is 36.4. The Morgan fingerprint density at radius 1 is 1.33 bits per heavy atom. The van der Waals surface area contributed by atoms with Crippen molar-refractivity contribution in [3.05, 3.63) is 28.0 Å². The molecule has 0 bridgehead atoms. The normalized spacial score (nSPS) is 11.8. The first kappa shape index (κ1) is 9.51. The van der Waals surface area contributed by atoms with E-state index in [9.17, 15) is 13.2 Å². The second kappa shape index (κ2) is 3.05. The van der Waals surface area contributed by atoms with E-state index in [1.807, 2.05) is 0 Å². The van der Waals surface area contributed by atoms with E-state index in [0.29, 0.717) is 5.69 Å². The van der Waals surface area contributed by atoms with Crippen molar-refractivity contribution in [2.24, 2.45) is 0 Å². The maximum Gasteiger partial charge on any atom is 0.434 e. The van der Waals surface area contributed by atoms with Gasteiger partial charge in [0, 0.05) is 10.2 Å². The molecule has 66 valence electrons. The molecule has 1 nitrogen and oxygen atoms in total. The van der Waals surface area contributed by atoms with Crippen LogP contribution in [0.2, 0.25) is 0 Å². The van der Waals surface area contributed by atoms with Gasteiger partial charge >= 0.3 is 6.18 Å². The summed E-state index contributed by atoms with van der Waals surface area (Å²) >= 11 is 2.78. The minimum Gasteiger partial charge on any atom is -0.248 e. The van der Waals surface area contributed by atoms with Gasteiger partial charge in [-0.2, -0.15) is 13.2 Å². The molecule has 1 aromatic rings. The van der Waals surface area contributed by atoms with Crippen LogP contribution in [0.3, 0.4) is 0 Å². The minimum atomic E-state index is -4.38. The molecule has 0 aliphatic carbocycles. The largest absolute Gasteiger partial charge is 0.434 e. The number of halogens is 4. The van der Waals surface area contributed by atoms with Crippen molar-refractivity contribution in [1.82, 2.24) is 4.98 Å². The first-order valence-electron chi connectivity index (χ1n) is 3.11. The fourth-order valence-corrected chi connectivity index (χ4v) is 1.18. The van der Waals surface area contributed by atoms with Gasteiger partial charge in [-0.05, 0) is 35.0 Å². The predicted octanol–water partition coefficient (Wildman–Crippen LogP) is 3.17. The molecule has 0 aliphatic rings. The maximum absolute atomic E-state index is 12.1. The van der Waals surface area contributed by atoms with Crippen LogP contribution in [0, 0.1) is 6.92 Å². The van der Waals surface area contributed by atoms with Gasteiger partial charge in [-0.1, -0.05) is 0 Å². The van der Waals surface area contributed by atoms with Crippen LogP contribution in [-0.4, -0.2) is 4.98 Å². The summed E-state index contributed by atoms with van der Waals surface area (Å²) in [5.74, 6) is 0. The van der Waals surface area contributed by atoms with Gasteiger partial charge in [0.05, 0.1) is 0 Å². The summed E-state index contributed by atoms with van der Waals surface area (Å²) in [5.41, 5.74) is -0.520. The highest BCUT2D eigenvalue weighted by atomic mass is 79.9. The molecule has 12 heavy (non-hydrogen) atoms. The van der Waals surface area contributed by atoms with Gasteiger partial charge in [0.15, 0.2) is 5.69 Å². The molecular formula is C7H5BrF3N. The zero-order chi connectivity index (χ0) is 9.35. The summed E-state index contributed by atoms with van der Waals surface area (Å²) in [6.45, 7) is 1.52. The highest BCUT2D eigenvalue weighted by Gasteiger charge is 2.34. The van der Waals surface area contributed by atoms with E-state index in [0.717, 1.165) is 0 Å². The van der Waals surface area contributed by atoms with E-state index in [2.05, 4.69) is 20.9 Å². The van der Waals surface area contributed by atoms with Gasteiger partial charge < -0.3 is 0 Å². The lowest BCUT2D eigenvalue weighted by molar-refractivity contribution is -0.141. The number of rotatable bonds is 0. The van der Waals surface area contributed by atoms with Crippen molar-refractivity contribution < 1.29 is 13.2 Å². The van der Waals surface area contributed by atoms with Crippen molar-refractivity contribution in [3.8, 4) is 0 Å². The number of nitrogens with zero attached hydrogens (tertiary/aromatic N) is 1. The highest BCUT2D eigenvalue weighted by Crippen LogP contribution is 2.32. The summed E-state index contributed by atoms with van der Waals surface area (Å²) in [6.07, 6.45) is -4.38. The molecule has 0 saturated heterocycles. The van der Waals surface area contributed by atoms with E-state index >= 15 is 0 Å². The second-order valence-corrected chi connectivity index (χ2v) is 3.14. The Morgan fingerprint density at radius 3 is 2.33 bits per heavy atom. The lowest BCUT2D eigenvalue weighted by atomic mass is 10.3. The molecule has 0 fully saturated rings. The van der Waals surface area contributed by atoms with E-state index < -0.39 is 11.9 Å².